The Morgan fingerprint density at radius 2 is 2.07 bits per heavy atom. The predicted octanol–water partition coefficient (Wildman–Crippen LogP) is 1.98. The van der Waals surface area contributed by atoms with Crippen LogP contribution in [-0.2, 0) is 15.9 Å². The van der Waals surface area contributed by atoms with E-state index in [1.807, 2.05) is 6.07 Å². The van der Waals surface area contributed by atoms with E-state index in [0.717, 1.165) is 18.5 Å². The molecule has 2 aliphatic heterocycles. The van der Waals surface area contributed by atoms with Crippen LogP contribution in [0.3, 0.4) is 0 Å². The molecule has 2 N–H and O–H groups in total. The van der Waals surface area contributed by atoms with E-state index >= 15 is 0 Å². The molecule has 0 radical (unpaired) electrons. The fraction of sp³-hybridized carbons (Fsp3) is 0.450. The minimum Gasteiger partial charge on any atom is -0.467 e. The van der Waals surface area contributed by atoms with Crippen molar-refractivity contribution in [3.8, 4) is 11.9 Å². The summed E-state index contributed by atoms with van der Waals surface area (Å²) in [4.78, 5) is 16.4. The molecule has 0 saturated carbocycles. The zero-order valence-electron chi connectivity index (χ0n) is 15.8. The lowest BCUT2D eigenvalue weighted by Crippen LogP contribution is -2.34. The Kier molecular flexibility index (Phi) is 4.31. The normalized spacial score (nSPS) is 29.9. The summed E-state index contributed by atoms with van der Waals surface area (Å²) in [6.45, 7) is 0.562. The van der Waals surface area contributed by atoms with E-state index in [2.05, 4.69) is 26.0 Å². The maximum atomic E-state index is 9.86. The molecule has 3 aliphatic rings. The molecule has 30 heavy (non-hydrogen) atoms. The maximum Gasteiger partial charge on any atom is 0.296 e. The third kappa shape index (κ3) is 3.01. The van der Waals surface area contributed by atoms with Gasteiger partial charge in [-0.3, -0.25) is 4.98 Å². The first kappa shape index (κ1) is 18.3. The van der Waals surface area contributed by atoms with Crippen LogP contribution in [-0.4, -0.2) is 62.7 Å². The quantitative estimate of drug-likeness (QED) is 0.646. The zero-order chi connectivity index (χ0) is 20.2. The number of hydrogen-bond donors (Lipinski definition) is 2. The summed E-state index contributed by atoms with van der Waals surface area (Å²) in [5.41, 5.74) is 3.18. The molecule has 9 nitrogen and oxygen atoms in total. The van der Waals surface area contributed by atoms with Gasteiger partial charge in [-0.25, -0.2) is 0 Å². The van der Waals surface area contributed by atoms with Gasteiger partial charge in [0.25, 0.3) is 6.01 Å². The van der Waals surface area contributed by atoms with Gasteiger partial charge in [0.1, 0.15) is 29.4 Å². The summed E-state index contributed by atoms with van der Waals surface area (Å²) in [5, 5.41) is 10.2. The fourth-order valence-electron chi connectivity index (χ4n) is 4.33. The number of aliphatic hydroxyl groups excluding tert-OH is 1. The Morgan fingerprint density at radius 3 is 3.00 bits per heavy atom. The highest BCUT2D eigenvalue weighted by molar-refractivity contribution is 6.32. The summed E-state index contributed by atoms with van der Waals surface area (Å²) in [6.07, 6.45) is 1.64. The van der Waals surface area contributed by atoms with Crippen molar-refractivity contribution in [1.29, 1.82) is 0 Å². The number of nitrogens with one attached hydrogen (secondary N) is 1. The molecular formula is C20H19ClN4O5. The van der Waals surface area contributed by atoms with Crippen LogP contribution in [0.1, 0.15) is 23.8 Å². The number of aliphatic hydroxyl groups is 1. The number of halogens is 1. The number of ether oxygens (including phenoxy) is 4. The van der Waals surface area contributed by atoms with E-state index < -0.39 is 6.10 Å². The van der Waals surface area contributed by atoms with Gasteiger partial charge in [0.2, 0.25) is 5.88 Å². The molecule has 2 fully saturated rings. The van der Waals surface area contributed by atoms with Crippen LogP contribution in [0, 0.1) is 0 Å². The Morgan fingerprint density at radius 1 is 1.17 bits per heavy atom. The second-order valence-corrected chi connectivity index (χ2v) is 8.11. The Hall–Kier alpha value is -2.46. The number of aryl methyl sites for hydroxylation is 1. The lowest BCUT2D eigenvalue weighted by Gasteiger charge is -2.15. The first-order valence-corrected chi connectivity index (χ1v) is 10.3. The molecule has 1 aliphatic carbocycles. The molecule has 10 heteroatoms. The Bertz CT molecular complexity index is 1110. The Balaban J connectivity index is 1.23. The van der Waals surface area contributed by atoms with Crippen LogP contribution in [0.5, 0.6) is 11.9 Å². The van der Waals surface area contributed by atoms with Gasteiger partial charge >= 0.3 is 0 Å². The highest BCUT2D eigenvalue weighted by Gasteiger charge is 2.48. The van der Waals surface area contributed by atoms with Gasteiger partial charge in [0.05, 0.1) is 24.4 Å². The van der Waals surface area contributed by atoms with Gasteiger partial charge in [-0.05, 0) is 30.5 Å². The van der Waals surface area contributed by atoms with Crippen molar-refractivity contribution in [3.05, 3.63) is 40.7 Å². The minimum atomic E-state index is -0.630. The van der Waals surface area contributed by atoms with E-state index in [0.29, 0.717) is 28.7 Å². The molecular weight excluding hydrogens is 412 g/mol. The molecule has 0 bridgehead atoms. The number of rotatable bonds is 4. The summed E-state index contributed by atoms with van der Waals surface area (Å²) in [5.74, 6) is 0.317. The number of H-pyrrole nitrogens is 1. The van der Waals surface area contributed by atoms with Gasteiger partial charge in [-0.15, -0.1) is 0 Å². The van der Waals surface area contributed by atoms with Crippen molar-refractivity contribution < 1.29 is 24.1 Å². The van der Waals surface area contributed by atoms with Gasteiger partial charge < -0.3 is 29.0 Å². The lowest BCUT2D eigenvalue weighted by atomic mass is 10.1. The van der Waals surface area contributed by atoms with Crippen LogP contribution in [0.4, 0.5) is 0 Å². The third-order valence-electron chi connectivity index (χ3n) is 5.78. The zero-order valence-corrected chi connectivity index (χ0v) is 16.6. The van der Waals surface area contributed by atoms with Crippen molar-refractivity contribution in [3.63, 3.8) is 0 Å². The minimum absolute atomic E-state index is 0.183. The van der Waals surface area contributed by atoms with E-state index in [1.165, 1.54) is 5.56 Å². The molecule has 5 atom stereocenters. The molecule has 6 rings (SSSR count). The standard InChI is InChI=1S/C20H19ClN4O5/c21-10-6-11-18(24-19(10)29-13-4-3-9-2-1-5-22-15(9)13)25-20(23-11)30-14-8-28-16-12(26)7-27-17(14)16/h1-2,5-6,12-14,16-17,26H,3-4,7-8H2,(H,23,24,25)/t12-,13?,14-,16?,17?/m1/s1. The number of hydrogen-bond acceptors (Lipinski definition) is 8. The molecule has 5 heterocycles. The smallest absolute Gasteiger partial charge is 0.296 e. The van der Waals surface area contributed by atoms with Crippen LogP contribution < -0.4 is 9.47 Å². The number of pyridine rings is 2. The van der Waals surface area contributed by atoms with Crippen LogP contribution >= 0.6 is 11.6 Å². The summed E-state index contributed by atoms with van der Waals surface area (Å²) in [7, 11) is 0. The summed E-state index contributed by atoms with van der Waals surface area (Å²) in [6, 6.07) is 6.00. The van der Waals surface area contributed by atoms with Crippen molar-refractivity contribution >= 4 is 22.8 Å². The largest absolute Gasteiger partial charge is 0.467 e. The predicted molar refractivity (Wildman–Crippen MR) is 105 cm³/mol. The number of fused-ring (bicyclic) bond motifs is 3. The average Bonchev–Trinajstić information content (AvgIpc) is 3.49. The topological polar surface area (TPSA) is 112 Å². The van der Waals surface area contributed by atoms with Crippen molar-refractivity contribution in [1.82, 2.24) is 19.9 Å². The van der Waals surface area contributed by atoms with Gasteiger partial charge in [0, 0.05) is 6.20 Å². The highest BCUT2D eigenvalue weighted by Crippen LogP contribution is 2.36. The molecule has 0 spiro atoms. The van der Waals surface area contributed by atoms with Crippen molar-refractivity contribution in [2.45, 2.75) is 43.4 Å². The average molecular weight is 431 g/mol. The van der Waals surface area contributed by atoms with Crippen LogP contribution in [0.2, 0.25) is 5.02 Å². The summed E-state index contributed by atoms with van der Waals surface area (Å²) < 4.78 is 23.2. The number of aromatic amines is 1. The molecule has 3 aromatic heterocycles. The molecule has 156 valence electrons. The van der Waals surface area contributed by atoms with Gasteiger partial charge in [-0.1, -0.05) is 17.7 Å². The third-order valence-corrected chi connectivity index (χ3v) is 6.05. The highest BCUT2D eigenvalue weighted by atomic mass is 35.5. The van der Waals surface area contributed by atoms with Gasteiger partial charge in [-0.2, -0.15) is 9.97 Å². The molecule has 3 aromatic rings. The van der Waals surface area contributed by atoms with Crippen molar-refractivity contribution in [2.75, 3.05) is 13.2 Å². The molecule has 0 aromatic carbocycles. The SMILES string of the molecule is O[C@@H]1COC2C1OC[C@H]2Oc1nc2nc(OC3CCc4cccnc43)c(Cl)cc2[nH]1. The second kappa shape index (κ2) is 7.05. The van der Waals surface area contributed by atoms with Crippen LogP contribution in [0.25, 0.3) is 11.2 Å². The summed E-state index contributed by atoms with van der Waals surface area (Å²) >= 11 is 6.41. The fourth-order valence-corrected chi connectivity index (χ4v) is 4.53. The van der Waals surface area contributed by atoms with E-state index in [4.69, 9.17) is 30.5 Å². The first-order chi connectivity index (χ1) is 14.7. The van der Waals surface area contributed by atoms with E-state index in [9.17, 15) is 5.11 Å². The number of aromatic nitrogens is 4. The second-order valence-electron chi connectivity index (χ2n) is 7.70. The maximum absolute atomic E-state index is 9.86. The molecule has 2 saturated heterocycles. The van der Waals surface area contributed by atoms with E-state index in [-0.39, 0.29) is 37.0 Å². The van der Waals surface area contributed by atoms with Gasteiger partial charge in [0.15, 0.2) is 11.8 Å². The lowest BCUT2D eigenvalue weighted by molar-refractivity contribution is 0.00706. The monoisotopic (exact) mass is 430 g/mol. The van der Waals surface area contributed by atoms with Crippen molar-refractivity contribution in [2.24, 2.45) is 0 Å². The van der Waals surface area contributed by atoms with Crippen LogP contribution in [0.15, 0.2) is 24.4 Å². The number of imidazole rings is 1. The molecule has 3 unspecified atom stereocenters. The van der Waals surface area contributed by atoms with E-state index in [1.54, 1.807) is 12.3 Å². The Labute approximate surface area is 176 Å². The first-order valence-electron chi connectivity index (χ1n) is 9.90. The molecule has 0 amide bonds. The number of nitrogens with zero attached hydrogens (tertiary/aromatic N) is 3.